The molecule has 0 radical (unpaired) electrons. The van der Waals surface area contributed by atoms with E-state index in [2.05, 4.69) is 4.74 Å². The van der Waals surface area contributed by atoms with Crippen molar-refractivity contribution >= 4 is 51.2 Å². The van der Waals surface area contributed by atoms with Gasteiger partial charge in [0.2, 0.25) is 0 Å². The van der Waals surface area contributed by atoms with E-state index >= 15 is 0 Å². The summed E-state index contributed by atoms with van der Waals surface area (Å²) in [7, 11) is -6.48. The molecule has 0 saturated heterocycles. The lowest BCUT2D eigenvalue weighted by molar-refractivity contribution is -0.274. The van der Waals surface area contributed by atoms with Crippen LogP contribution < -0.4 is 4.74 Å². The maximum absolute atomic E-state index is 14.4. The number of hydrogen-bond donors (Lipinski definition) is 1. The average molecular weight is 731 g/mol. The molecule has 5 rings (SSSR count). The smallest absolute Gasteiger partial charge is 0.427 e. The Bertz CT molecular complexity index is 2020. The first-order chi connectivity index (χ1) is 22.6. The maximum atomic E-state index is 14.4. The second-order valence-corrected chi connectivity index (χ2v) is 15.5. The molecule has 5 nitrogen and oxygen atoms in total. The van der Waals surface area contributed by atoms with E-state index < -0.39 is 27.2 Å². The molecule has 248 valence electrons. The Balaban J connectivity index is 1.33. The van der Waals surface area contributed by atoms with Gasteiger partial charge in [0.1, 0.15) is 5.75 Å². The van der Waals surface area contributed by atoms with Crippen LogP contribution in [-0.2, 0) is 10.1 Å². The first-order valence-corrected chi connectivity index (χ1v) is 18.0. The monoisotopic (exact) mass is 730 g/mol. The van der Waals surface area contributed by atoms with Gasteiger partial charge in [-0.15, -0.1) is 0 Å². The van der Waals surface area contributed by atoms with Crippen molar-refractivity contribution in [3.63, 3.8) is 0 Å². The molecule has 0 bridgehead atoms. The molecule has 0 aliphatic heterocycles. The molecule has 0 aromatic heterocycles. The number of aryl methyl sites for hydroxylation is 2. The van der Waals surface area contributed by atoms with Crippen LogP contribution in [0.1, 0.15) is 27.0 Å². The van der Waals surface area contributed by atoms with E-state index in [1.807, 2.05) is 62.4 Å². The number of alkyl halides is 4. The van der Waals surface area contributed by atoms with Crippen molar-refractivity contribution in [1.82, 2.24) is 0 Å². The van der Waals surface area contributed by atoms with Gasteiger partial charge in [0.05, 0.1) is 0 Å². The fourth-order valence-electron chi connectivity index (χ4n) is 4.22. The van der Waals surface area contributed by atoms with Gasteiger partial charge in [0.15, 0.2) is 5.78 Å². The lowest BCUT2D eigenvalue weighted by Gasteiger charge is -2.24. The zero-order valence-electron chi connectivity index (χ0n) is 25.2. The molecule has 0 aliphatic carbocycles. The van der Waals surface area contributed by atoms with Gasteiger partial charge < -0.3 is 4.74 Å². The number of halogens is 4. The minimum atomic E-state index is -6.48. The van der Waals surface area contributed by atoms with E-state index in [-0.39, 0.29) is 5.78 Å². The molecule has 0 atom stereocenters. The second-order valence-electron chi connectivity index (χ2n) is 10.6. The van der Waals surface area contributed by atoms with Crippen LogP contribution in [0.15, 0.2) is 145 Å². The van der Waals surface area contributed by atoms with Crippen molar-refractivity contribution in [2.45, 2.75) is 54.6 Å². The van der Waals surface area contributed by atoms with Crippen molar-refractivity contribution in [1.29, 1.82) is 0 Å². The average Bonchev–Trinajstić information content (AvgIpc) is 3.02. The number of carbonyl (C=O) groups is 1. The highest BCUT2D eigenvalue weighted by atomic mass is 32.2. The first-order valence-electron chi connectivity index (χ1n) is 14.1. The molecule has 0 saturated carbocycles. The second kappa shape index (κ2) is 14.4. The molecule has 0 unspecified atom stereocenters. The third kappa shape index (κ3) is 8.63. The summed E-state index contributed by atoms with van der Waals surface area (Å²) in [6, 6.07) is 33.0. The zero-order valence-corrected chi connectivity index (χ0v) is 28.5. The van der Waals surface area contributed by atoms with Gasteiger partial charge in [-0.1, -0.05) is 82.8 Å². The van der Waals surface area contributed by atoms with E-state index in [9.17, 15) is 30.8 Å². The largest absolute Gasteiger partial charge is 0.483 e. The van der Waals surface area contributed by atoms with E-state index in [1.165, 1.54) is 11.8 Å². The lowest BCUT2D eigenvalue weighted by Crippen LogP contribution is -2.50. The summed E-state index contributed by atoms with van der Waals surface area (Å²) >= 11 is 3.78. The zero-order chi connectivity index (χ0) is 34.7. The van der Waals surface area contributed by atoms with Crippen LogP contribution in [0, 0.1) is 13.8 Å². The molecule has 5 aromatic rings. The Labute approximate surface area is 287 Å². The van der Waals surface area contributed by atoms with Crippen molar-refractivity contribution in [2.75, 3.05) is 0 Å². The SMILES string of the molecule is Cc1ccc(Sc2cc(OC(F)(F)C(F)(F)S(=O)(=O)O)cc(Sc3ccc(Sc4ccc(C(=O)c5ccc(C)cc5)cc4)cc3)c2)cc1. The summed E-state index contributed by atoms with van der Waals surface area (Å²) in [5.41, 5.74) is 3.24. The molecule has 0 fully saturated rings. The van der Waals surface area contributed by atoms with E-state index in [0.29, 0.717) is 25.8 Å². The van der Waals surface area contributed by atoms with Gasteiger partial charge >= 0.3 is 21.5 Å². The highest BCUT2D eigenvalue weighted by molar-refractivity contribution is 8.00. The van der Waals surface area contributed by atoms with Crippen molar-refractivity contribution in [2.24, 2.45) is 0 Å². The van der Waals surface area contributed by atoms with Crippen molar-refractivity contribution < 1.29 is 40.1 Å². The third-order valence-corrected chi connectivity index (χ3v) is 10.6. The van der Waals surface area contributed by atoms with Gasteiger partial charge in [-0.3, -0.25) is 9.35 Å². The fraction of sp³-hybridized carbons (Fsp3) is 0.114. The molecule has 0 spiro atoms. The fourth-order valence-corrected chi connectivity index (χ4v) is 7.26. The molecule has 5 aromatic carbocycles. The molecule has 0 amide bonds. The number of ketones is 1. The predicted octanol–water partition coefficient (Wildman–Crippen LogP) is 10.4. The number of hydrogen-bond acceptors (Lipinski definition) is 7. The Morgan fingerprint density at radius 2 is 0.917 bits per heavy atom. The minimum absolute atomic E-state index is 0.0707. The molecule has 13 heteroatoms. The Morgan fingerprint density at radius 1 is 0.583 bits per heavy atom. The topological polar surface area (TPSA) is 80.7 Å². The van der Waals surface area contributed by atoms with Gasteiger partial charge in [0, 0.05) is 40.5 Å². The highest BCUT2D eigenvalue weighted by Crippen LogP contribution is 2.43. The first kappa shape index (κ1) is 35.6. The Hall–Kier alpha value is -3.75. The number of benzene rings is 5. The van der Waals surface area contributed by atoms with Crippen LogP contribution in [0.4, 0.5) is 17.6 Å². The van der Waals surface area contributed by atoms with Gasteiger partial charge in [-0.2, -0.15) is 26.0 Å². The quantitative estimate of drug-likeness (QED) is 0.0772. The summed E-state index contributed by atoms with van der Waals surface area (Å²) in [5, 5.41) is -5.89. The maximum Gasteiger partial charge on any atom is 0.483 e. The molecule has 1 N–H and O–H groups in total. The number of carbonyl (C=O) groups excluding carboxylic acids is 1. The third-order valence-electron chi connectivity index (χ3n) is 6.74. The molecule has 48 heavy (non-hydrogen) atoms. The van der Waals surface area contributed by atoms with Crippen LogP contribution in [0.2, 0.25) is 0 Å². The summed E-state index contributed by atoms with van der Waals surface area (Å²) in [4.78, 5) is 16.7. The van der Waals surface area contributed by atoms with Crippen molar-refractivity contribution in [3.8, 4) is 5.75 Å². The summed E-state index contributed by atoms with van der Waals surface area (Å²) < 4.78 is 91.5. The van der Waals surface area contributed by atoms with E-state index in [1.54, 1.807) is 54.6 Å². The van der Waals surface area contributed by atoms with E-state index in [0.717, 1.165) is 61.5 Å². The van der Waals surface area contributed by atoms with Crippen LogP contribution in [0.25, 0.3) is 0 Å². The van der Waals surface area contributed by atoms with E-state index in [4.69, 9.17) is 4.55 Å². The summed E-state index contributed by atoms with van der Waals surface area (Å²) in [6.07, 6.45) is -5.57. The van der Waals surface area contributed by atoms with Gasteiger partial charge in [0.25, 0.3) is 0 Å². The van der Waals surface area contributed by atoms with Crippen LogP contribution in [0.5, 0.6) is 5.75 Å². The van der Waals surface area contributed by atoms with Crippen LogP contribution >= 0.6 is 35.3 Å². The summed E-state index contributed by atoms with van der Waals surface area (Å²) in [5.74, 6) is -0.793. The number of ether oxygens (including phenoxy) is 1. The Kier molecular flexibility index (Phi) is 10.7. The normalized spacial score (nSPS) is 12.1. The highest BCUT2D eigenvalue weighted by Gasteiger charge is 2.69. The van der Waals surface area contributed by atoms with Crippen LogP contribution in [0.3, 0.4) is 0 Å². The molecular formula is C35H26F4O5S4. The standard InChI is InChI=1S/C35H26F4O5S4/c1-22-3-7-24(8-4-22)33(40)25-9-13-28(14-10-25)45-29-15-17-30(18-16-29)47-32-20-26(44-34(36,37)35(38,39)48(41,42)43)19-31(21-32)46-27-11-5-23(2)6-12-27/h3-21H,1-2H3,(H,41,42,43). The molecule has 0 heterocycles. The Morgan fingerprint density at radius 3 is 1.33 bits per heavy atom. The number of rotatable bonds is 12. The minimum Gasteiger partial charge on any atom is -0.427 e. The summed E-state index contributed by atoms with van der Waals surface area (Å²) in [6.45, 7) is 3.85. The molecular weight excluding hydrogens is 705 g/mol. The van der Waals surface area contributed by atoms with Gasteiger partial charge in [-0.05, 0) is 92.7 Å². The van der Waals surface area contributed by atoms with Crippen LogP contribution in [-0.4, -0.2) is 30.1 Å². The van der Waals surface area contributed by atoms with Gasteiger partial charge in [-0.25, -0.2) is 0 Å². The predicted molar refractivity (Wildman–Crippen MR) is 180 cm³/mol. The molecule has 0 aliphatic rings. The lowest BCUT2D eigenvalue weighted by atomic mass is 10.0. The van der Waals surface area contributed by atoms with Crippen molar-refractivity contribution in [3.05, 3.63) is 138 Å².